The smallest absolute Gasteiger partial charge is 0.339 e. The Hall–Kier alpha value is -1.51. The number of carboxylic acids is 1. The number of aromatic carboxylic acids is 1. The third-order valence-corrected chi connectivity index (χ3v) is 5.07. The molecule has 1 unspecified atom stereocenters. The Morgan fingerprint density at radius 1 is 1.25 bits per heavy atom. The van der Waals surface area contributed by atoms with Crippen molar-refractivity contribution in [2.24, 2.45) is 5.41 Å². The second kappa shape index (κ2) is 5.12. The van der Waals surface area contributed by atoms with Gasteiger partial charge in [-0.3, -0.25) is 0 Å². The molecule has 3 heteroatoms. The highest BCUT2D eigenvalue weighted by atomic mass is 16.5. The van der Waals surface area contributed by atoms with Gasteiger partial charge in [0.2, 0.25) is 0 Å². The van der Waals surface area contributed by atoms with Gasteiger partial charge in [0.15, 0.2) is 0 Å². The summed E-state index contributed by atoms with van der Waals surface area (Å²) in [6.45, 7) is 1.97. The Bertz CT molecular complexity index is 515. The van der Waals surface area contributed by atoms with Crippen LogP contribution in [-0.2, 0) is 0 Å². The minimum atomic E-state index is -0.906. The number of hydrogen-bond donors (Lipinski definition) is 1. The first kappa shape index (κ1) is 13.5. The van der Waals surface area contributed by atoms with Crippen LogP contribution in [-0.4, -0.2) is 17.2 Å². The summed E-state index contributed by atoms with van der Waals surface area (Å²) in [7, 11) is 0. The normalized spacial score (nSPS) is 24.1. The molecule has 0 aromatic heterocycles. The fourth-order valence-electron chi connectivity index (χ4n) is 3.74. The van der Waals surface area contributed by atoms with Crippen molar-refractivity contribution >= 4 is 5.97 Å². The van der Waals surface area contributed by atoms with E-state index < -0.39 is 5.97 Å². The van der Waals surface area contributed by atoms with Crippen LogP contribution in [0.15, 0.2) is 18.2 Å². The van der Waals surface area contributed by atoms with E-state index in [9.17, 15) is 9.90 Å². The molecule has 1 atom stereocenters. The van der Waals surface area contributed by atoms with E-state index in [2.05, 4.69) is 0 Å². The molecule has 0 heterocycles. The number of carboxylic acid groups (broad SMARTS) is 1. The number of carbonyl (C=O) groups is 1. The van der Waals surface area contributed by atoms with Gasteiger partial charge in [-0.25, -0.2) is 4.79 Å². The summed E-state index contributed by atoms with van der Waals surface area (Å²) >= 11 is 0. The van der Waals surface area contributed by atoms with E-state index in [-0.39, 0.29) is 11.7 Å². The highest BCUT2D eigenvalue weighted by Gasteiger charge is 2.48. The zero-order valence-electron chi connectivity index (χ0n) is 12.0. The summed E-state index contributed by atoms with van der Waals surface area (Å²) in [4.78, 5) is 11.3. The van der Waals surface area contributed by atoms with Gasteiger partial charge in [0.05, 0.1) is 0 Å². The maximum absolute atomic E-state index is 11.3. The molecule has 0 radical (unpaired) electrons. The van der Waals surface area contributed by atoms with Crippen LogP contribution >= 0.6 is 0 Å². The lowest BCUT2D eigenvalue weighted by molar-refractivity contribution is -0.0706. The lowest BCUT2D eigenvalue weighted by Crippen LogP contribution is -2.49. The third-order valence-electron chi connectivity index (χ3n) is 5.07. The fraction of sp³-hybridized carbons (Fsp3) is 0.588. The van der Waals surface area contributed by atoms with Gasteiger partial charge in [0, 0.05) is 5.41 Å². The fourth-order valence-corrected chi connectivity index (χ4v) is 3.74. The van der Waals surface area contributed by atoms with E-state index in [1.54, 1.807) is 6.07 Å². The quantitative estimate of drug-likeness (QED) is 0.899. The van der Waals surface area contributed by atoms with E-state index in [0.29, 0.717) is 11.2 Å². The molecule has 2 aliphatic carbocycles. The van der Waals surface area contributed by atoms with Crippen molar-refractivity contribution in [3.63, 3.8) is 0 Å². The molecule has 1 spiro atoms. The van der Waals surface area contributed by atoms with Crippen molar-refractivity contribution in [2.75, 3.05) is 0 Å². The Morgan fingerprint density at radius 3 is 2.60 bits per heavy atom. The average Bonchev–Trinajstić information content (AvgIpc) is 2.44. The van der Waals surface area contributed by atoms with Crippen LogP contribution in [0.25, 0.3) is 0 Å². The van der Waals surface area contributed by atoms with Crippen LogP contribution in [0.5, 0.6) is 5.75 Å². The molecule has 3 rings (SSSR count). The molecular weight excluding hydrogens is 252 g/mol. The summed E-state index contributed by atoms with van der Waals surface area (Å²) < 4.78 is 6.14. The molecule has 2 saturated carbocycles. The Kier molecular flexibility index (Phi) is 3.45. The number of rotatable bonds is 3. The summed E-state index contributed by atoms with van der Waals surface area (Å²) in [5.74, 6) is -0.357. The van der Waals surface area contributed by atoms with Crippen LogP contribution in [0.3, 0.4) is 0 Å². The molecule has 0 saturated heterocycles. The number of aryl methyl sites for hydroxylation is 1. The molecule has 1 aromatic carbocycles. The van der Waals surface area contributed by atoms with Crippen LogP contribution < -0.4 is 4.74 Å². The predicted molar refractivity (Wildman–Crippen MR) is 77.3 cm³/mol. The van der Waals surface area contributed by atoms with Crippen molar-refractivity contribution in [2.45, 2.75) is 58.0 Å². The van der Waals surface area contributed by atoms with Gasteiger partial charge >= 0.3 is 5.97 Å². The standard InChI is InChI=1S/C17H22O3/c1-12-5-6-13(16(18)19)14(11-12)20-15-7-10-17(15)8-3-2-4-9-17/h5-6,11,15H,2-4,7-10H2,1H3,(H,18,19). The summed E-state index contributed by atoms with van der Waals surface area (Å²) in [5.41, 5.74) is 1.66. The molecule has 0 amide bonds. The van der Waals surface area contributed by atoms with Gasteiger partial charge in [-0.15, -0.1) is 0 Å². The number of benzene rings is 1. The maximum Gasteiger partial charge on any atom is 0.339 e. The first-order valence-corrected chi connectivity index (χ1v) is 7.61. The predicted octanol–water partition coefficient (Wildman–Crippen LogP) is 4.18. The Morgan fingerprint density at radius 2 is 2.00 bits per heavy atom. The second-order valence-corrected chi connectivity index (χ2v) is 6.37. The van der Waals surface area contributed by atoms with Crippen LogP contribution in [0.2, 0.25) is 0 Å². The minimum Gasteiger partial charge on any atom is -0.489 e. The monoisotopic (exact) mass is 274 g/mol. The summed E-state index contributed by atoms with van der Waals surface area (Å²) in [6, 6.07) is 5.34. The van der Waals surface area contributed by atoms with E-state index in [4.69, 9.17) is 4.74 Å². The zero-order valence-corrected chi connectivity index (χ0v) is 12.0. The SMILES string of the molecule is Cc1ccc(C(=O)O)c(OC2CCC23CCCCC3)c1. The van der Waals surface area contributed by atoms with Gasteiger partial charge in [-0.05, 0) is 50.3 Å². The molecule has 3 nitrogen and oxygen atoms in total. The minimum absolute atomic E-state index is 0.211. The van der Waals surface area contributed by atoms with Crippen LogP contribution in [0.4, 0.5) is 0 Å². The Balaban J connectivity index is 1.81. The van der Waals surface area contributed by atoms with E-state index in [1.165, 1.54) is 38.5 Å². The van der Waals surface area contributed by atoms with Gasteiger partial charge in [-0.2, -0.15) is 0 Å². The molecule has 1 N–H and O–H groups in total. The molecule has 20 heavy (non-hydrogen) atoms. The van der Waals surface area contributed by atoms with Crippen molar-refractivity contribution in [3.8, 4) is 5.75 Å². The summed E-state index contributed by atoms with van der Waals surface area (Å²) in [5, 5.41) is 9.28. The number of ether oxygens (including phenoxy) is 1. The zero-order chi connectivity index (χ0) is 14.2. The molecule has 2 aliphatic rings. The molecule has 108 valence electrons. The largest absolute Gasteiger partial charge is 0.489 e. The van der Waals surface area contributed by atoms with Gasteiger partial charge in [-0.1, -0.05) is 25.3 Å². The lowest BCUT2D eigenvalue weighted by atomic mass is 9.58. The van der Waals surface area contributed by atoms with E-state index in [0.717, 1.165) is 12.0 Å². The molecule has 0 bridgehead atoms. The van der Waals surface area contributed by atoms with Gasteiger partial charge < -0.3 is 9.84 Å². The van der Waals surface area contributed by atoms with E-state index >= 15 is 0 Å². The average molecular weight is 274 g/mol. The highest BCUT2D eigenvalue weighted by Crippen LogP contribution is 2.53. The van der Waals surface area contributed by atoms with Gasteiger partial charge in [0.1, 0.15) is 17.4 Å². The third kappa shape index (κ3) is 2.30. The number of hydrogen-bond acceptors (Lipinski definition) is 2. The van der Waals surface area contributed by atoms with Gasteiger partial charge in [0.25, 0.3) is 0 Å². The van der Waals surface area contributed by atoms with Crippen molar-refractivity contribution < 1.29 is 14.6 Å². The van der Waals surface area contributed by atoms with E-state index in [1.807, 2.05) is 19.1 Å². The molecule has 1 aromatic rings. The highest BCUT2D eigenvalue weighted by molar-refractivity contribution is 5.91. The van der Waals surface area contributed by atoms with Crippen molar-refractivity contribution in [3.05, 3.63) is 29.3 Å². The van der Waals surface area contributed by atoms with Crippen LogP contribution in [0, 0.1) is 12.3 Å². The second-order valence-electron chi connectivity index (χ2n) is 6.37. The lowest BCUT2D eigenvalue weighted by Gasteiger charge is -2.51. The Labute approximate surface area is 120 Å². The van der Waals surface area contributed by atoms with Crippen molar-refractivity contribution in [1.82, 2.24) is 0 Å². The summed E-state index contributed by atoms with van der Waals surface area (Å²) in [6.07, 6.45) is 8.91. The molecule has 2 fully saturated rings. The first-order chi connectivity index (χ1) is 9.61. The van der Waals surface area contributed by atoms with Crippen molar-refractivity contribution in [1.29, 1.82) is 0 Å². The topological polar surface area (TPSA) is 46.5 Å². The van der Waals surface area contributed by atoms with Crippen LogP contribution in [0.1, 0.15) is 60.9 Å². The molecular formula is C17H22O3. The molecule has 0 aliphatic heterocycles. The first-order valence-electron chi connectivity index (χ1n) is 7.61. The maximum atomic E-state index is 11.3.